The summed E-state index contributed by atoms with van der Waals surface area (Å²) in [6.45, 7) is 7.60. The van der Waals surface area contributed by atoms with Crippen LogP contribution in [0.3, 0.4) is 0 Å². The second-order valence-electron chi connectivity index (χ2n) is 5.81. The van der Waals surface area contributed by atoms with Crippen LogP contribution in [0.1, 0.15) is 35.5 Å². The Kier molecular flexibility index (Phi) is 5.53. The molecule has 0 saturated carbocycles. The van der Waals surface area contributed by atoms with Crippen molar-refractivity contribution in [2.45, 2.75) is 27.3 Å². The van der Waals surface area contributed by atoms with Crippen LogP contribution in [0.25, 0.3) is 0 Å². The first-order valence-corrected chi connectivity index (χ1v) is 7.59. The largest absolute Gasteiger partial charge is 0.381 e. The normalized spacial score (nSPS) is 10.5. The van der Waals surface area contributed by atoms with Gasteiger partial charge in [0, 0.05) is 25.0 Å². The first kappa shape index (κ1) is 16.0. The number of rotatable bonds is 6. The summed E-state index contributed by atoms with van der Waals surface area (Å²) in [6.07, 6.45) is 1.66. The number of carbonyl (C=O) groups excluding carboxylic acids is 1. The van der Waals surface area contributed by atoms with E-state index in [1.165, 1.54) is 11.1 Å². The van der Waals surface area contributed by atoms with Crippen molar-refractivity contribution >= 4 is 11.6 Å². The van der Waals surface area contributed by atoms with Crippen molar-refractivity contribution in [1.29, 1.82) is 0 Å². The van der Waals surface area contributed by atoms with E-state index in [2.05, 4.69) is 48.5 Å². The minimum Gasteiger partial charge on any atom is -0.381 e. The van der Waals surface area contributed by atoms with E-state index in [4.69, 9.17) is 0 Å². The standard InChI is InChI=1S/C18H23N3O/c1-13(2)11-21-18(22)17-10-16(8-9-19-17)20-12-15-7-5-4-6-14(15)3/h4-10,13H,11-12H2,1-3H3,(H,19,20)(H,21,22). The summed E-state index contributed by atoms with van der Waals surface area (Å²) >= 11 is 0. The molecule has 0 unspecified atom stereocenters. The van der Waals surface area contributed by atoms with Gasteiger partial charge in [-0.1, -0.05) is 38.1 Å². The molecule has 1 aromatic heterocycles. The van der Waals surface area contributed by atoms with Crippen molar-refractivity contribution in [1.82, 2.24) is 10.3 Å². The van der Waals surface area contributed by atoms with E-state index >= 15 is 0 Å². The smallest absolute Gasteiger partial charge is 0.269 e. The van der Waals surface area contributed by atoms with Gasteiger partial charge in [-0.3, -0.25) is 9.78 Å². The lowest BCUT2D eigenvalue weighted by Crippen LogP contribution is -2.28. The van der Waals surface area contributed by atoms with E-state index in [0.29, 0.717) is 18.2 Å². The number of nitrogens with one attached hydrogen (secondary N) is 2. The lowest BCUT2D eigenvalue weighted by molar-refractivity contribution is 0.0944. The van der Waals surface area contributed by atoms with Gasteiger partial charge in [0.05, 0.1) is 0 Å². The van der Waals surface area contributed by atoms with Gasteiger partial charge in [0.15, 0.2) is 0 Å². The van der Waals surface area contributed by atoms with Gasteiger partial charge in [0.25, 0.3) is 5.91 Å². The zero-order chi connectivity index (χ0) is 15.9. The summed E-state index contributed by atoms with van der Waals surface area (Å²) in [6, 6.07) is 11.9. The van der Waals surface area contributed by atoms with Crippen LogP contribution in [0.4, 0.5) is 5.69 Å². The summed E-state index contributed by atoms with van der Waals surface area (Å²) in [7, 11) is 0. The molecule has 0 aliphatic rings. The fourth-order valence-electron chi connectivity index (χ4n) is 2.06. The second-order valence-corrected chi connectivity index (χ2v) is 5.81. The van der Waals surface area contributed by atoms with Crippen LogP contribution < -0.4 is 10.6 Å². The molecule has 2 N–H and O–H groups in total. The molecule has 0 atom stereocenters. The zero-order valence-corrected chi connectivity index (χ0v) is 13.4. The Balaban J connectivity index is 1.99. The number of benzene rings is 1. The van der Waals surface area contributed by atoms with Gasteiger partial charge < -0.3 is 10.6 Å². The molecule has 1 aromatic carbocycles. The van der Waals surface area contributed by atoms with Crippen LogP contribution in [0, 0.1) is 12.8 Å². The highest BCUT2D eigenvalue weighted by atomic mass is 16.1. The summed E-state index contributed by atoms with van der Waals surface area (Å²) in [4.78, 5) is 16.2. The van der Waals surface area contributed by atoms with Crippen molar-refractivity contribution in [3.05, 3.63) is 59.4 Å². The fourth-order valence-corrected chi connectivity index (χ4v) is 2.06. The van der Waals surface area contributed by atoms with Crippen molar-refractivity contribution < 1.29 is 4.79 Å². The number of nitrogens with zero attached hydrogens (tertiary/aromatic N) is 1. The maximum Gasteiger partial charge on any atom is 0.269 e. The van der Waals surface area contributed by atoms with Crippen LogP contribution in [0.2, 0.25) is 0 Å². The molecule has 1 amide bonds. The third-order valence-electron chi connectivity index (χ3n) is 3.41. The molecule has 0 fully saturated rings. The predicted molar refractivity (Wildman–Crippen MR) is 89.9 cm³/mol. The summed E-state index contributed by atoms with van der Waals surface area (Å²) in [5.41, 5.74) is 3.83. The van der Waals surface area contributed by atoms with Crippen LogP contribution in [-0.2, 0) is 6.54 Å². The van der Waals surface area contributed by atoms with Crippen molar-refractivity contribution in [3.63, 3.8) is 0 Å². The molecule has 0 radical (unpaired) electrons. The SMILES string of the molecule is Cc1ccccc1CNc1ccnc(C(=O)NCC(C)C)c1. The topological polar surface area (TPSA) is 54.0 Å². The van der Waals surface area contributed by atoms with Crippen LogP contribution in [0.15, 0.2) is 42.6 Å². The van der Waals surface area contributed by atoms with Crippen LogP contribution in [0.5, 0.6) is 0 Å². The number of anilines is 1. The number of pyridine rings is 1. The van der Waals surface area contributed by atoms with Crippen molar-refractivity contribution in [2.75, 3.05) is 11.9 Å². The number of hydrogen-bond acceptors (Lipinski definition) is 3. The quantitative estimate of drug-likeness (QED) is 0.859. The molecule has 2 aromatic rings. The maximum absolute atomic E-state index is 12.0. The van der Waals surface area contributed by atoms with Gasteiger partial charge in [0.2, 0.25) is 0 Å². The number of carbonyl (C=O) groups is 1. The molecule has 116 valence electrons. The first-order valence-electron chi connectivity index (χ1n) is 7.59. The molecule has 4 nitrogen and oxygen atoms in total. The molecule has 0 bridgehead atoms. The molecule has 0 aliphatic carbocycles. The molecule has 1 heterocycles. The van der Waals surface area contributed by atoms with E-state index in [1.807, 2.05) is 18.2 Å². The highest BCUT2D eigenvalue weighted by Crippen LogP contribution is 2.12. The highest BCUT2D eigenvalue weighted by Gasteiger charge is 2.08. The average Bonchev–Trinajstić information content (AvgIpc) is 2.52. The molecular weight excluding hydrogens is 274 g/mol. The van der Waals surface area contributed by atoms with E-state index in [-0.39, 0.29) is 5.91 Å². The van der Waals surface area contributed by atoms with Gasteiger partial charge in [-0.2, -0.15) is 0 Å². The average molecular weight is 297 g/mol. The third-order valence-corrected chi connectivity index (χ3v) is 3.41. The number of amides is 1. The predicted octanol–water partition coefficient (Wildman–Crippen LogP) is 3.39. The van der Waals surface area contributed by atoms with Crippen LogP contribution >= 0.6 is 0 Å². The van der Waals surface area contributed by atoms with Gasteiger partial charge >= 0.3 is 0 Å². The minimum absolute atomic E-state index is 0.131. The number of aryl methyl sites for hydroxylation is 1. The molecular formula is C18H23N3O. The van der Waals surface area contributed by atoms with Crippen molar-refractivity contribution in [2.24, 2.45) is 5.92 Å². The van der Waals surface area contributed by atoms with E-state index in [1.54, 1.807) is 12.3 Å². The molecule has 0 saturated heterocycles. The Morgan fingerprint density at radius 3 is 2.73 bits per heavy atom. The Labute approximate surface area is 132 Å². The van der Waals surface area contributed by atoms with Gasteiger partial charge in [-0.05, 0) is 36.1 Å². The number of aromatic nitrogens is 1. The van der Waals surface area contributed by atoms with Gasteiger partial charge in [0.1, 0.15) is 5.69 Å². The Hall–Kier alpha value is -2.36. The maximum atomic E-state index is 12.0. The van der Waals surface area contributed by atoms with Crippen LogP contribution in [-0.4, -0.2) is 17.4 Å². The Bertz CT molecular complexity index is 638. The first-order chi connectivity index (χ1) is 10.6. The Morgan fingerprint density at radius 1 is 1.23 bits per heavy atom. The lowest BCUT2D eigenvalue weighted by atomic mass is 10.1. The van der Waals surface area contributed by atoms with Crippen molar-refractivity contribution in [3.8, 4) is 0 Å². The Morgan fingerprint density at radius 2 is 2.00 bits per heavy atom. The minimum atomic E-state index is -0.131. The van der Waals surface area contributed by atoms with E-state index in [0.717, 1.165) is 12.2 Å². The van der Waals surface area contributed by atoms with Gasteiger partial charge in [-0.15, -0.1) is 0 Å². The second kappa shape index (κ2) is 7.59. The molecule has 0 spiro atoms. The molecule has 4 heteroatoms. The fraction of sp³-hybridized carbons (Fsp3) is 0.333. The molecule has 0 aliphatic heterocycles. The number of hydrogen-bond donors (Lipinski definition) is 2. The third kappa shape index (κ3) is 4.58. The lowest BCUT2D eigenvalue weighted by Gasteiger charge is -2.11. The summed E-state index contributed by atoms with van der Waals surface area (Å²) < 4.78 is 0. The van der Waals surface area contributed by atoms with E-state index < -0.39 is 0 Å². The molecule has 22 heavy (non-hydrogen) atoms. The van der Waals surface area contributed by atoms with Gasteiger partial charge in [-0.25, -0.2) is 0 Å². The zero-order valence-electron chi connectivity index (χ0n) is 13.4. The molecule has 2 rings (SSSR count). The summed E-state index contributed by atoms with van der Waals surface area (Å²) in [5.74, 6) is 0.291. The van der Waals surface area contributed by atoms with E-state index in [9.17, 15) is 4.79 Å². The highest BCUT2D eigenvalue weighted by molar-refractivity contribution is 5.93. The summed E-state index contributed by atoms with van der Waals surface area (Å²) in [5, 5.41) is 6.22. The monoisotopic (exact) mass is 297 g/mol.